The Morgan fingerprint density at radius 2 is 1.85 bits per heavy atom. The minimum atomic E-state index is -5.38. The molecule has 0 radical (unpaired) electrons. The molecule has 3 aromatic rings. The number of anilines is 1. The van der Waals surface area contributed by atoms with E-state index in [1.807, 2.05) is 0 Å². The van der Waals surface area contributed by atoms with E-state index in [-0.39, 0.29) is 17.6 Å². The topological polar surface area (TPSA) is 310 Å². The van der Waals surface area contributed by atoms with Crippen molar-refractivity contribution in [3.8, 4) is 0 Å². The molecule has 22 nitrogen and oxygen atoms in total. The van der Waals surface area contributed by atoms with Crippen molar-refractivity contribution >= 4 is 46.4 Å². The maximum atomic E-state index is 12.7. The largest absolute Gasteiger partial charge is 0.481 e. The molecule has 3 fully saturated rings. The van der Waals surface area contributed by atoms with Gasteiger partial charge in [0.2, 0.25) is 0 Å². The van der Waals surface area contributed by atoms with Gasteiger partial charge in [0.15, 0.2) is 36.1 Å². The molecule has 48 heavy (non-hydrogen) atoms. The summed E-state index contributed by atoms with van der Waals surface area (Å²) in [5, 5.41) is 23.9. The zero-order valence-electron chi connectivity index (χ0n) is 24.7. The Labute approximate surface area is 270 Å². The van der Waals surface area contributed by atoms with Gasteiger partial charge >= 0.3 is 23.5 Å². The quantitative estimate of drug-likeness (QED) is 0.0889. The van der Waals surface area contributed by atoms with Crippen LogP contribution in [-0.2, 0) is 40.8 Å². The van der Waals surface area contributed by atoms with Gasteiger partial charge in [0.25, 0.3) is 5.91 Å². The third kappa shape index (κ3) is 7.09. The number of nitrogens with two attached hydrogens (primary N) is 1. The van der Waals surface area contributed by atoms with Crippen LogP contribution in [0.2, 0.25) is 0 Å². The van der Waals surface area contributed by atoms with Crippen molar-refractivity contribution in [3.05, 3.63) is 42.7 Å². The number of aromatic nitrogens is 5. The number of carbonyl (C=O) groups excluding carboxylic acids is 1. The van der Waals surface area contributed by atoms with E-state index >= 15 is 0 Å². The first-order valence-electron chi connectivity index (χ1n) is 14.1. The monoisotopic (exact) mass is 738 g/mol. The second-order valence-corrected chi connectivity index (χ2v) is 15.4. The summed E-state index contributed by atoms with van der Waals surface area (Å²) in [6.45, 7) is -1.54. The zero-order chi connectivity index (χ0) is 34.6. The van der Waals surface area contributed by atoms with E-state index in [4.69, 9.17) is 28.6 Å². The Hall–Kier alpha value is -2.78. The molecule has 5 heterocycles. The van der Waals surface area contributed by atoms with E-state index in [2.05, 4.69) is 24.6 Å². The van der Waals surface area contributed by atoms with E-state index in [0.29, 0.717) is 11.3 Å². The van der Waals surface area contributed by atoms with E-state index in [0.717, 1.165) is 0 Å². The minimum absolute atomic E-state index is 0.0104. The zero-order valence-corrected chi connectivity index (χ0v) is 27.4. The van der Waals surface area contributed by atoms with Crippen LogP contribution in [0.5, 0.6) is 0 Å². The highest BCUT2D eigenvalue weighted by molar-refractivity contribution is 7.61. The Morgan fingerprint density at radius 1 is 1.15 bits per heavy atom. The van der Waals surface area contributed by atoms with Gasteiger partial charge in [0, 0.05) is 25.5 Å². The summed E-state index contributed by atoms with van der Waals surface area (Å²) in [5.74, 6) is -1.28. The van der Waals surface area contributed by atoms with E-state index < -0.39 is 91.3 Å². The van der Waals surface area contributed by atoms with Gasteiger partial charge < -0.3 is 40.7 Å². The molecular formula is C23H31N7O15P3+. The molecule has 0 bridgehead atoms. The van der Waals surface area contributed by atoms with Crippen LogP contribution in [0.3, 0.4) is 0 Å². The maximum absolute atomic E-state index is 12.7. The van der Waals surface area contributed by atoms with Gasteiger partial charge in [-0.05, 0) is 6.07 Å². The molecule has 25 heteroatoms. The van der Waals surface area contributed by atoms with Crippen molar-refractivity contribution in [2.45, 2.75) is 49.2 Å². The van der Waals surface area contributed by atoms with Crippen molar-refractivity contribution < 1.29 is 75.1 Å². The van der Waals surface area contributed by atoms with Crippen LogP contribution < -0.4 is 15.6 Å². The number of aliphatic hydroxyl groups is 2. The molecule has 1 aliphatic carbocycles. The number of phosphoric acid groups is 3. The third-order valence-electron chi connectivity index (χ3n) is 7.99. The number of primary amides is 1. The summed E-state index contributed by atoms with van der Waals surface area (Å²) >= 11 is 0. The Balaban J connectivity index is 1.08. The van der Waals surface area contributed by atoms with Gasteiger partial charge in [-0.3, -0.25) is 27.5 Å². The molecule has 2 aliphatic heterocycles. The lowest BCUT2D eigenvalue weighted by atomic mass is 10.1. The smallest absolute Gasteiger partial charge is 0.390 e. The number of nitrogens with zero attached hydrogens (tertiary/aromatic N) is 5. The minimum Gasteiger partial charge on any atom is -0.390 e. The predicted octanol–water partition coefficient (Wildman–Crippen LogP) is -0.730. The maximum Gasteiger partial charge on any atom is 0.481 e. The van der Waals surface area contributed by atoms with Crippen molar-refractivity contribution in [3.63, 3.8) is 0 Å². The van der Waals surface area contributed by atoms with Crippen LogP contribution in [-0.4, -0.2) is 101 Å². The Bertz CT molecular complexity index is 1850. The fourth-order valence-corrected chi connectivity index (χ4v) is 9.08. The van der Waals surface area contributed by atoms with Crippen LogP contribution >= 0.6 is 23.5 Å². The standard InChI is InChI=1S/C23H30N7O15P3/c1-25-21-15-22(27-9-26-21)30(10-28-15)23-19-18(43-48(38,39)44-19)14(42-23)8-41-47(36,37)45-46(34,35)40-7-12-5-13(17(32)16(12)31)29-4-2-3-11(6-29)20(24)33/h2-4,6,9-10,12-14,16-19,23,31-32H,5,7-8H2,1H3,(H5-,24,25,26,27,33,34,35,36,37,38,39)/p+1. The second-order valence-electron chi connectivity index (χ2n) is 11.0. The number of fused-ring (bicyclic) bond motifs is 2. The highest BCUT2D eigenvalue weighted by Gasteiger charge is 2.58. The highest BCUT2D eigenvalue weighted by atomic mass is 31.3. The van der Waals surface area contributed by atoms with Crippen LogP contribution in [0.15, 0.2) is 37.2 Å². The summed E-state index contributed by atoms with van der Waals surface area (Å²) in [7, 11) is -13.7. The molecule has 8 N–H and O–H groups in total. The lowest BCUT2D eigenvalue weighted by Crippen LogP contribution is -2.45. The van der Waals surface area contributed by atoms with Crippen molar-refractivity contribution in [2.75, 3.05) is 25.6 Å². The van der Waals surface area contributed by atoms with Crippen molar-refractivity contribution in [1.29, 1.82) is 0 Å². The molecule has 1 saturated carbocycles. The number of ether oxygens (including phenoxy) is 1. The molecule has 11 unspecified atom stereocenters. The van der Waals surface area contributed by atoms with Gasteiger partial charge in [-0.25, -0.2) is 28.6 Å². The van der Waals surface area contributed by atoms with Gasteiger partial charge in [0.05, 0.1) is 25.6 Å². The fraction of sp³-hybridized carbons (Fsp3) is 0.522. The number of imidazole rings is 1. The van der Waals surface area contributed by atoms with E-state index in [1.165, 1.54) is 46.3 Å². The molecule has 11 atom stereocenters. The lowest BCUT2D eigenvalue weighted by Gasteiger charge is -2.21. The number of phosphoric ester groups is 3. The fourth-order valence-electron chi connectivity index (χ4n) is 5.80. The predicted molar refractivity (Wildman–Crippen MR) is 155 cm³/mol. The van der Waals surface area contributed by atoms with Crippen LogP contribution in [0.4, 0.5) is 5.82 Å². The Kier molecular flexibility index (Phi) is 9.61. The van der Waals surface area contributed by atoms with E-state index in [9.17, 15) is 43.4 Å². The molecule has 2 saturated heterocycles. The van der Waals surface area contributed by atoms with Crippen LogP contribution in [0.25, 0.3) is 11.2 Å². The number of aliphatic hydroxyl groups excluding tert-OH is 2. The molecule has 262 valence electrons. The molecule has 3 aromatic heterocycles. The number of rotatable bonds is 12. The third-order valence-corrected chi connectivity index (χ3v) is 11.6. The van der Waals surface area contributed by atoms with Gasteiger partial charge in [0.1, 0.15) is 41.8 Å². The molecule has 3 aliphatic rings. The highest BCUT2D eigenvalue weighted by Crippen LogP contribution is 2.62. The summed E-state index contributed by atoms with van der Waals surface area (Å²) in [4.78, 5) is 54.4. The van der Waals surface area contributed by atoms with E-state index in [1.54, 1.807) is 7.05 Å². The average molecular weight is 738 g/mol. The lowest BCUT2D eigenvalue weighted by molar-refractivity contribution is -0.728. The first-order valence-corrected chi connectivity index (χ1v) is 18.6. The summed E-state index contributed by atoms with van der Waals surface area (Å²) < 4.78 is 70.7. The Morgan fingerprint density at radius 3 is 2.56 bits per heavy atom. The SMILES string of the molecule is CNc1ncnc2c1ncn2C1OC(COP(=O)(O)OP(=O)(O)OCC2CC([n+]3cccc(C(N)=O)c3)C(O)C2O)C2OP(=O)(O)OC21. The number of hydrogen-bond donors (Lipinski definition) is 7. The number of nitrogens with one attached hydrogen (secondary N) is 1. The molecule has 6 rings (SSSR count). The van der Waals surface area contributed by atoms with Gasteiger partial charge in [-0.2, -0.15) is 8.88 Å². The number of hydrogen-bond acceptors (Lipinski definition) is 16. The second kappa shape index (κ2) is 13.2. The number of carbonyl (C=O) groups is 1. The van der Waals surface area contributed by atoms with Crippen LogP contribution in [0, 0.1) is 5.92 Å². The first-order chi connectivity index (χ1) is 22.6. The molecule has 1 amide bonds. The van der Waals surface area contributed by atoms with Crippen LogP contribution in [0.1, 0.15) is 29.0 Å². The summed E-state index contributed by atoms with van der Waals surface area (Å²) in [6.07, 6.45) is -2.42. The van der Waals surface area contributed by atoms with Gasteiger partial charge in [-0.1, -0.05) is 0 Å². The first kappa shape index (κ1) is 35.1. The average Bonchev–Trinajstić information content (AvgIpc) is 3.75. The normalized spacial score (nSPS) is 34.1. The summed E-state index contributed by atoms with van der Waals surface area (Å²) in [5.41, 5.74) is 6.03. The van der Waals surface area contributed by atoms with Crippen molar-refractivity contribution in [2.24, 2.45) is 11.7 Å². The number of pyridine rings is 1. The van der Waals surface area contributed by atoms with Crippen molar-refractivity contribution in [1.82, 2.24) is 19.5 Å². The summed E-state index contributed by atoms with van der Waals surface area (Å²) in [6, 6.07) is 2.20. The molecule has 0 aromatic carbocycles. The molecular weight excluding hydrogens is 707 g/mol. The number of amides is 1. The van der Waals surface area contributed by atoms with Gasteiger partial charge in [-0.15, -0.1) is 0 Å². The molecule has 0 spiro atoms.